The average Bonchev–Trinajstić information content (AvgIpc) is 2.27. The molecule has 0 saturated heterocycles. The fourth-order valence-electron chi connectivity index (χ4n) is 2.12. The van der Waals surface area contributed by atoms with Gasteiger partial charge >= 0.3 is 0 Å². The SMILES string of the molecule is CCC(N)CCCS(=O)Cc1cc(C)cc(C)c1. The first kappa shape index (κ1) is 15.4. The van der Waals surface area contributed by atoms with Crippen LogP contribution in [-0.4, -0.2) is 16.0 Å². The van der Waals surface area contributed by atoms with E-state index in [0.29, 0.717) is 5.75 Å². The van der Waals surface area contributed by atoms with E-state index in [-0.39, 0.29) is 6.04 Å². The normalized spacial score (nSPS) is 14.4. The molecule has 2 nitrogen and oxygen atoms in total. The Kier molecular flexibility index (Phi) is 6.58. The van der Waals surface area contributed by atoms with E-state index in [9.17, 15) is 4.21 Å². The van der Waals surface area contributed by atoms with Crippen LogP contribution in [0.5, 0.6) is 0 Å². The summed E-state index contributed by atoms with van der Waals surface area (Å²) in [6.07, 6.45) is 2.95. The number of hydrogen-bond acceptors (Lipinski definition) is 2. The fourth-order valence-corrected chi connectivity index (χ4v) is 3.29. The predicted molar refractivity (Wildman–Crippen MR) is 80.1 cm³/mol. The van der Waals surface area contributed by atoms with Gasteiger partial charge < -0.3 is 5.73 Å². The third-order valence-electron chi connectivity index (χ3n) is 3.08. The van der Waals surface area contributed by atoms with Gasteiger partial charge in [-0.2, -0.15) is 0 Å². The summed E-state index contributed by atoms with van der Waals surface area (Å²) in [5, 5.41) is 0. The zero-order valence-corrected chi connectivity index (χ0v) is 12.6. The lowest BCUT2D eigenvalue weighted by Gasteiger charge is -2.08. The third kappa shape index (κ3) is 5.78. The number of benzene rings is 1. The Bertz CT molecular complexity index is 383. The summed E-state index contributed by atoms with van der Waals surface area (Å²) in [5.74, 6) is 1.44. The summed E-state index contributed by atoms with van der Waals surface area (Å²) in [4.78, 5) is 0. The molecule has 3 heteroatoms. The average molecular weight is 267 g/mol. The van der Waals surface area contributed by atoms with Crippen LogP contribution in [0.15, 0.2) is 18.2 Å². The first-order valence-corrected chi connectivity index (χ1v) is 8.17. The minimum absolute atomic E-state index is 0.267. The fraction of sp³-hybridized carbons (Fsp3) is 0.600. The number of nitrogens with two attached hydrogens (primary N) is 1. The maximum atomic E-state index is 12.0. The van der Waals surface area contributed by atoms with Crippen molar-refractivity contribution in [3.63, 3.8) is 0 Å². The van der Waals surface area contributed by atoms with Gasteiger partial charge in [-0.15, -0.1) is 0 Å². The molecule has 0 heterocycles. The molecule has 0 aliphatic carbocycles. The molecule has 0 aliphatic heterocycles. The Hall–Kier alpha value is -0.670. The van der Waals surface area contributed by atoms with Gasteiger partial charge in [0.25, 0.3) is 0 Å². The Labute approximate surface area is 113 Å². The van der Waals surface area contributed by atoms with E-state index in [1.165, 1.54) is 16.7 Å². The van der Waals surface area contributed by atoms with E-state index >= 15 is 0 Å². The molecule has 2 atom stereocenters. The van der Waals surface area contributed by atoms with Crippen molar-refractivity contribution in [2.24, 2.45) is 5.73 Å². The van der Waals surface area contributed by atoms with Crippen LogP contribution in [0.4, 0.5) is 0 Å². The van der Waals surface area contributed by atoms with E-state index in [0.717, 1.165) is 25.0 Å². The molecule has 0 spiro atoms. The van der Waals surface area contributed by atoms with Crippen LogP contribution in [0.1, 0.15) is 42.9 Å². The summed E-state index contributed by atoms with van der Waals surface area (Å²) in [6.45, 7) is 6.26. The van der Waals surface area contributed by atoms with Crippen LogP contribution in [0, 0.1) is 13.8 Å². The van der Waals surface area contributed by atoms with Crippen molar-refractivity contribution in [2.45, 2.75) is 51.8 Å². The number of rotatable bonds is 7. The molecule has 0 amide bonds. The molecule has 102 valence electrons. The molecule has 0 radical (unpaired) electrons. The predicted octanol–water partition coefficient (Wildman–Crippen LogP) is 3.07. The van der Waals surface area contributed by atoms with Crippen LogP contribution < -0.4 is 5.73 Å². The Balaban J connectivity index is 2.40. The molecular weight excluding hydrogens is 242 g/mol. The highest BCUT2D eigenvalue weighted by atomic mass is 32.2. The van der Waals surface area contributed by atoms with Crippen molar-refractivity contribution in [1.82, 2.24) is 0 Å². The van der Waals surface area contributed by atoms with Gasteiger partial charge in [-0.05, 0) is 38.7 Å². The maximum absolute atomic E-state index is 12.0. The Morgan fingerprint density at radius 1 is 1.22 bits per heavy atom. The highest BCUT2D eigenvalue weighted by Crippen LogP contribution is 2.12. The van der Waals surface area contributed by atoms with Gasteiger partial charge in [0, 0.05) is 28.3 Å². The molecule has 2 unspecified atom stereocenters. The van der Waals surface area contributed by atoms with Crippen molar-refractivity contribution in [3.05, 3.63) is 34.9 Å². The van der Waals surface area contributed by atoms with E-state index < -0.39 is 10.8 Å². The van der Waals surface area contributed by atoms with Gasteiger partial charge in [-0.25, -0.2) is 0 Å². The molecule has 1 rings (SSSR count). The molecule has 18 heavy (non-hydrogen) atoms. The first-order chi connectivity index (χ1) is 8.51. The van der Waals surface area contributed by atoms with Crippen molar-refractivity contribution in [2.75, 3.05) is 5.75 Å². The Morgan fingerprint density at radius 3 is 2.39 bits per heavy atom. The van der Waals surface area contributed by atoms with Gasteiger partial charge in [0.15, 0.2) is 0 Å². The minimum atomic E-state index is -0.762. The number of aryl methyl sites for hydroxylation is 2. The lowest BCUT2D eigenvalue weighted by atomic mass is 10.1. The lowest BCUT2D eigenvalue weighted by Crippen LogP contribution is -2.19. The number of hydrogen-bond donors (Lipinski definition) is 1. The van der Waals surface area contributed by atoms with E-state index in [1.54, 1.807) is 0 Å². The molecule has 0 fully saturated rings. The minimum Gasteiger partial charge on any atom is -0.328 e. The molecule has 0 aromatic heterocycles. The van der Waals surface area contributed by atoms with Crippen LogP contribution >= 0.6 is 0 Å². The first-order valence-electron chi connectivity index (χ1n) is 6.69. The summed E-state index contributed by atoms with van der Waals surface area (Å²) < 4.78 is 12.0. The molecule has 0 saturated carbocycles. The maximum Gasteiger partial charge on any atom is 0.0485 e. The van der Waals surface area contributed by atoms with Crippen molar-refractivity contribution in [3.8, 4) is 0 Å². The summed E-state index contributed by atoms with van der Waals surface area (Å²) in [6, 6.07) is 6.67. The van der Waals surface area contributed by atoms with Gasteiger partial charge in [0.05, 0.1) is 0 Å². The molecule has 1 aromatic carbocycles. The Morgan fingerprint density at radius 2 is 1.83 bits per heavy atom. The van der Waals surface area contributed by atoms with Crippen LogP contribution in [-0.2, 0) is 16.6 Å². The van der Waals surface area contributed by atoms with Crippen LogP contribution in [0.2, 0.25) is 0 Å². The summed E-state index contributed by atoms with van der Waals surface area (Å²) in [5.41, 5.74) is 9.53. The van der Waals surface area contributed by atoms with Crippen molar-refractivity contribution >= 4 is 10.8 Å². The molecule has 0 bridgehead atoms. The molecule has 0 aliphatic rings. The van der Waals surface area contributed by atoms with Gasteiger partial charge in [0.2, 0.25) is 0 Å². The molecule has 2 N–H and O–H groups in total. The van der Waals surface area contributed by atoms with Gasteiger partial charge in [-0.1, -0.05) is 36.2 Å². The quantitative estimate of drug-likeness (QED) is 0.825. The lowest BCUT2D eigenvalue weighted by molar-refractivity contribution is 0.586. The topological polar surface area (TPSA) is 43.1 Å². The smallest absolute Gasteiger partial charge is 0.0485 e. The summed E-state index contributed by atoms with van der Waals surface area (Å²) >= 11 is 0. The van der Waals surface area contributed by atoms with E-state index in [1.807, 2.05) is 0 Å². The van der Waals surface area contributed by atoms with Crippen molar-refractivity contribution < 1.29 is 4.21 Å². The molecule has 1 aromatic rings. The highest BCUT2D eigenvalue weighted by molar-refractivity contribution is 7.84. The largest absolute Gasteiger partial charge is 0.328 e. The van der Waals surface area contributed by atoms with E-state index in [4.69, 9.17) is 5.73 Å². The van der Waals surface area contributed by atoms with Gasteiger partial charge in [0.1, 0.15) is 0 Å². The zero-order chi connectivity index (χ0) is 13.5. The third-order valence-corrected chi connectivity index (χ3v) is 4.48. The van der Waals surface area contributed by atoms with E-state index in [2.05, 4.69) is 39.0 Å². The second-order valence-electron chi connectivity index (χ2n) is 5.09. The zero-order valence-electron chi connectivity index (χ0n) is 11.7. The molecular formula is C15H25NOS. The second-order valence-corrected chi connectivity index (χ2v) is 6.67. The van der Waals surface area contributed by atoms with Crippen LogP contribution in [0.25, 0.3) is 0 Å². The van der Waals surface area contributed by atoms with Gasteiger partial charge in [-0.3, -0.25) is 4.21 Å². The highest BCUT2D eigenvalue weighted by Gasteiger charge is 2.05. The monoisotopic (exact) mass is 267 g/mol. The summed E-state index contributed by atoms with van der Waals surface area (Å²) in [7, 11) is -0.762. The van der Waals surface area contributed by atoms with Crippen LogP contribution in [0.3, 0.4) is 0 Å². The van der Waals surface area contributed by atoms with Crippen molar-refractivity contribution in [1.29, 1.82) is 0 Å². The standard InChI is InChI=1S/C15H25NOS/c1-4-15(16)6-5-7-18(17)11-14-9-12(2)8-13(3)10-14/h8-10,15H,4-7,11,16H2,1-3H3. The second kappa shape index (κ2) is 7.70.